The van der Waals surface area contributed by atoms with Crippen molar-refractivity contribution in [2.45, 2.75) is 50.1 Å². The Labute approximate surface area is 264 Å². The lowest BCUT2D eigenvalue weighted by atomic mass is 10.0. The number of carbonyl (C=O) groups excluding carboxylic acids is 5. The second-order valence-corrected chi connectivity index (χ2v) is 11.7. The summed E-state index contributed by atoms with van der Waals surface area (Å²) in [5.41, 5.74) is 2.16. The number of hydrogen-bond acceptors (Lipinski definition) is 10. The third-order valence-electron chi connectivity index (χ3n) is 7.16. The summed E-state index contributed by atoms with van der Waals surface area (Å²) in [6.07, 6.45) is 0.124. The van der Waals surface area contributed by atoms with E-state index >= 15 is 0 Å². The number of nitrogens with one attached hydrogen (secondary N) is 1. The molecule has 11 nitrogen and oxygen atoms in total. The number of phenols is 1. The summed E-state index contributed by atoms with van der Waals surface area (Å²) in [6, 6.07) is 20.7. The summed E-state index contributed by atoms with van der Waals surface area (Å²) in [4.78, 5) is 64.5. The Balaban J connectivity index is 1.36. The van der Waals surface area contributed by atoms with E-state index in [9.17, 15) is 29.1 Å². The van der Waals surface area contributed by atoms with Gasteiger partial charge in [-0.15, -0.1) is 0 Å². The number of ether oxygens (including phenoxy) is 3. The zero-order valence-electron chi connectivity index (χ0n) is 24.8. The van der Waals surface area contributed by atoms with Gasteiger partial charge in [-0.2, -0.15) is 0 Å². The first-order valence-corrected chi connectivity index (χ1v) is 15.1. The van der Waals surface area contributed by atoms with E-state index in [0.29, 0.717) is 24.0 Å². The highest BCUT2D eigenvalue weighted by molar-refractivity contribution is 8.14. The number of hydrogen-bond donors (Lipinski definition) is 2. The van der Waals surface area contributed by atoms with Gasteiger partial charge < -0.3 is 29.5 Å². The molecule has 1 heterocycles. The van der Waals surface area contributed by atoms with Gasteiger partial charge in [0.25, 0.3) is 0 Å². The van der Waals surface area contributed by atoms with Crippen molar-refractivity contribution in [2.24, 2.45) is 0 Å². The molecule has 4 rings (SSSR count). The lowest BCUT2D eigenvalue weighted by Gasteiger charge is -2.29. The van der Waals surface area contributed by atoms with Crippen LogP contribution in [0.25, 0.3) is 0 Å². The van der Waals surface area contributed by atoms with E-state index in [0.717, 1.165) is 17.3 Å². The van der Waals surface area contributed by atoms with Crippen LogP contribution in [0.15, 0.2) is 78.9 Å². The highest BCUT2D eigenvalue weighted by atomic mass is 32.2. The van der Waals surface area contributed by atoms with Crippen LogP contribution in [0.3, 0.4) is 0 Å². The Hall–Kier alpha value is -4.84. The molecule has 0 radical (unpaired) electrons. The standard InChI is InChI=1S/C33H34N2O9S/c1-21(36)45-29(17-22-11-13-26(14-12-22)44-33(41)43-20-23-7-4-3-5-8-23)31(39)34-19-30(38)35-27(15-16-28(35)32(40)42-2)24-9-6-10-25(37)18-24/h3-14,18,27-29,37H,15-17,19-20H2,1-2H3,(H,34,39)/t27?,28-,29?/m0/s1. The molecule has 1 aliphatic heterocycles. The van der Waals surface area contributed by atoms with Gasteiger partial charge in [-0.25, -0.2) is 9.59 Å². The average molecular weight is 635 g/mol. The van der Waals surface area contributed by atoms with Gasteiger partial charge in [0.15, 0.2) is 5.12 Å². The van der Waals surface area contributed by atoms with Crippen LogP contribution in [0, 0.1) is 0 Å². The number of esters is 1. The van der Waals surface area contributed by atoms with E-state index in [2.05, 4.69) is 5.32 Å². The van der Waals surface area contributed by atoms with E-state index < -0.39 is 47.8 Å². The number of amides is 2. The number of thioether (sulfide) groups is 1. The molecule has 0 spiro atoms. The fraction of sp³-hybridized carbons (Fsp3) is 0.303. The number of phenolic OH excluding ortho intramolecular Hbond substituents is 1. The zero-order valence-corrected chi connectivity index (χ0v) is 25.7. The molecule has 236 valence electrons. The second kappa shape index (κ2) is 15.8. The van der Waals surface area contributed by atoms with Gasteiger partial charge in [0, 0.05) is 6.92 Å². The van der Waals surface area contributed by atoms with Crippen LogP contribution < -0.4 is 10.1 Å². The van der Waals surface area contributed by atoms with Gasteiger partial charge >= 0.3 is 12.1 Å². The fourth-order valence-corrected chi connectivity index (χ4v) is 5.96. The molecule has 2 unspecified atom stereocenters. The van der Waals surface area contributed by atoms with Crippen LogP contribution in [-0.4, -0.2) is 64.0 Å². The van der Waals surface area contributed by atoms with Crippen molar-refractivity contribution in [3.05, 3.63) is 95.6 Å². The predicted molar refractivity (Wildman–Crippen MR) is 165 cm³/mol. The third-order valence-corrected chi connectivity index (χ3v) is 8.16. The Morgan fingerprint density at radius 3 is 2.36 bits per heavy atom. The third kappa shape index (κ3) is 9.32. The van der Waals surface area contributed by atoms with Crippen LogP contribution in [-0.2, 0) is 41.7 Å². The largest absolute Gasteiger partial charge is 0.514 e. The monoisotopic (exact) mass is 634 g/mol. The molecule has 0 saturated carbocycles. The van der Waals surface area contributed by atoms with Crippen LogP contribution in [0.2, 0.25) is 0 Å². The van der Waals surface area contributed by atoms with Crippen molar-refractivity contribution in [1.29, 1.82) is 0 Å². The number of aromatic hydroxyl groups is 1. The van der Waals surface area contributed by atoms with Crippen LogP contribution in [0.1, 0.15) is 42.5 Å². The van der Waals surface area contributed by atoms with E-state index in [1.54, 1.807) is 36.4 Å². The molecule has 12 heteroatoms. The number of benzene rings is 3. The molecular weight excluding hydrogens is 600 g/mol. The van der Waals surface area contributed by atoms with Gasteiger partial charge in [0.2, 0.25) is 11.8 Å². The Morgan fingerprint density at radius 1 is 0.956 bits per heavy atom. The van der Waals surface area contributed by atoms with Crippen LogP contribution in [0.4, 0.5) is 4.79 Å². The molecule has 0 aliphatic carbocycles. The lowest BCUT2D eigenvalue weighted by Crippen LogP contribution is -2.48. The van der Waals surface area contributed by atoms with Crippen LogP contribution >= 0.6 is 11.8 Å². The van der Waals surface area contributed by atoms with Gasteiger partial charge in [-0.3, -0.25) is 14.4 Å². The molecule has 1 fully saturated rings. The van der Waals surface area contributed by atoms with E-state index in [1.165, 1.54) is 31.1 Å². The molecule has 0 aromatic heterocycles. The summed E-state index contributed by atoms with van der Waals surface area (Å²) in [7, 11) is 1.24. The average Bonchev–Trinajstić information content (AvgIpc) is 3.48. The smallest absolute Gasteiger partial charge is 0.508 e. The first-order chi connectivity index (χ1) is 21.6. The molecule has 45 heavy (non-hydrogen) atoms. The normalized spacial score (nSPS) is 16.4. The van der Waals surface area contributed by atoms with E-state index in [1.807, 2.05) is 30.3 Å². The molecule has 2 N–H and O–H groups in total. The van der Waals surface area contributed by atoms with Crippen molar-refractivity contribution in [3.8, 4) is 11.5 Å². The highest BCUT2D eigenvalue weighted by Crippen LogP contribution is 2.37. The second-order valence-electron chi connectivity index (χ2n) is 10.3. The summed E-state index contributed by atoms with van der Waals surface area (Å²) in [5, 5.41) is 11.4. The van der Waals surface area contributed by atoms with Gasteiger partial charge in [-0.1, -0.05) is 66.4 Å². The van der Waals surface area contributed by atoms with Crippen molar-refractivity contribution in [3.63, 3.8) is 0 Å². The Morgan fingerprint density at radius 2 is 1.69 bits per heavy atom. The predicted octanol–water partition coefficient (Wildman–Crippen LogP) is 4.32. The maximum Gasteiger partial charge on any atom is 0.514 e. The molecule has 3 atom stereocenters. The van der Waals surface area contributed by atoms with Crippen molar-refractivity contribution in [1.82, 2.24) is 10.2 Å². The highest BCUT2D eigenvalue weighted by Gasteiger charge is 2.42. The minimum atomic E-state index is -0.862. The Bertz CT molecular complexity index is 1510. The van der Waals surface area contributed by atoms with Crippen LogP contribution in [0.5, 0.6) is 11.5 Å². The molecule has 1 saturated heterocycles. The van der Waals surface area contributed by atoms with E-state index in [-0.39, 0.29) is 29.6 Å². The molecule has 2 amide bonds. The molecule has 3 aromatic rings. The molecular formula is C33H34N2O9S. The van der Waals surface area contributed by atoms with E-state index in [4.69, 9.17) is 14.2 Å². The quantitative estimate of drug-likeness (QED) is 0.231. The number of likely N-dealkylation sites (tertiary alicyclic amines) is 1. The zero-order chi connectivity index (χ0) is 32.3. The summed E-state index contributed by atoms with van der Waals surface area (Å²) < 4.78 is 15.3. The molecule has 1 aliphatic rings. The molecule has 3 aromatic carbocycles. The number of nitrogens with zero attached hydrogens (tertiary/aromatic N) is 1. The van der Waals surface area contributed by atoms with Gasteiger partial charge in [0.1, 0.15) is 24.1 Å². The maximum absolute atomic E-state index is 13.4. The summed E-state index contributed by atoms with van der Waals surface area (Å²) >= 11 is 0.831. The van der Waals surface area contributed by atoms with Gasteiger partial charge in [0.05, 0.1) is 24.9 Å². The van der Waals surface area contributed by atoms with Crippen molar-refractivity contribution < 1.29 is 43.3 Å². The number of rotatable bonds is 11. The minimum Gasteiger partial charge on any atom is -0.508 e. The van der Waals surface area contributed by atoms with Crippen molar-refractivity contribution >= 4 is 40.8 Å². The Kier molecular flexibility index (Phi) is 11.6. The summed E-state index contributed by atoms with van der Waals surface area (Å²) in [6.45, 7) is 1.00. The first kappa shape index (κ1) is 33.1. The lowest BCUT2D eigenvalue weighted by molar-refractivity contribution is -0.152. The number of carbonyl (C=O) groups is 5. The maximum atomic E-state index is 13.4. The topological polar surface area (TPSA) is 149 Å². The van der Waals surface area contributed by atoms with Crippen molar-refractivity contribution in [2.75, 3.05) is 13.7 Å². The first-order valence-electron chi connectivity index (χ1n) is 14.2. The SMILES string of the molecule is COC(=O)[C@@H]1CCC(c2cccc(O)c2)N1C(=O)CNC(=O)C(Cc1ccc(OC(=O)OCc2ccccc2)cc1)SC(C)=O. The fourth-order valence-electron chi connectivity index (χ4n) is 5.09. The van der Waals surface area contributed by atoms with Gasteiger partial charge in [-0.05, 0) is 60.2 Å². The molecule has 0 bridgehead atoms. The number of methoxy groups -OCH3 is 1. The summed E-state index contributed by atoms with van der Waals surface area (Å²) in [5.74, 6) is -1.33. The minimum absolute atomic E-state index is 0.0291.